The van der Waals surface area contributed by atoms with Crippen LogP contribution in [0.4, 0.5) is 0 Å². The normalized spacial score (nSPS) is 11.8. The molecular formula is C18H26O2. The Hall–Kier alpha value is -1.57. The maximum absolute atomic E-state index is 11.7. The number of ether oxygens (including phenoxy) is 1. The molecule has 0 aromatic heterocycles. The van der Waals surface area contributed by atoms with Crippen molar-refractivity contribution in [2.45, 2.75) is 52.4 Å². The van der Waals surface area contributed by atoms with E-state index in [2.05, 4.69) is 45.9 Å². The van der Waals surface area contributed by atoms with Crippen molar-refractivity contribution in [1.82, 2.24) is 0 Å². The fourth-order valence-electron chi connectivity index (χ4n) is 1.87. The van der Waals surface area contributed by atoms with Crippen LogP contribution in [0.5, 0.6) is 0 Å². The first-order valence-electron chi connectivity index (χ1n) is 7.33. The maximum atomic E-state index is 11.7. The highest BCUT2D eigenvalue weighted by Gasteiger charge is 2.13. The predicted molar refractivity (Wildman–Crippen MR) is 83.9 cm³/mol. The van der Waals surface area contributed by atoms with Crippen molar-refractivity contribution in [3.63, 3.8) is 0 Å². The van der Waals surface area contributed by atoms with Gasteiger partial charge >= 0.3 is 5.97 Å². The third kappa shape index (κ3) is 6.05. The molecule has 0 N–H and O–H groups in total. The van der Waals surface area contributed by atoms with Crippen molar-refractivity contribution in [3.8, 4) is 0 Å². The molecule has 1 rings (SSSR count). The second-order valence-corrected chi connectivity index (χ2v) is 6.01. The highest BCUT2D eigenvalue weighted by molar-refractivity contribution is 5.72. The molecule has 0 saturated carbocycles. The molecule has 110 valence electrons. The van der Waals surface area contributed by atoms with E-state index in [1.807, 2.05) is 18.2 Å². The quantitative estimate of drug-likeness (QED) is 0.436. The zero-order chi connectivity index (χ0) is 15.0. The van der Waals surface area contributed by atoms with E-state index < -0.39 is 0 Å². The number of rotatable bonds is 6. The molecule has 2 nitrogen and oxygen atoms in total. The van der Waals surface area contributed by atoms with E-state index >= 15 is 0 Å². The topological polar surface area (TPSA) is 26.3 Å². The second kappa shape index (κ2) is 7.88. The number of allylic oxidation sites excluding steroid dienone is 1. The highest BCUT2D eigenvalue weighted by atomic mass is 16.5. The van der Waals surface area contributed by atoms with Gasteiger partial charge in [-0.1, -0.05) is 64.1 Å². The maximum Gasteiger partial charge on any atom is 0.310 e. The summed E-state index contributed by atoms with van der Waals surface area (Å²) in [5.74, 6) is -0.154. The van der Waals surface area contributed by atoms with Gasteiger partial charge in [-0.3, -0.25) is 4.79 Å². The van der Waals surface area contributed by atoms with E-state index in [1.54, 1.807) is 0 Å². The van der Waals surface area contributed by atoms with Gasteiger partial charge in [-0.15, -0.1) is 0 Å². The first kappa shape index (κ1) is 16.5. The Morgan fingerprint density at radius 1 is 1.15 bits per heavy atom. The Bertz CT molecular complexity index is 435. The van der Waals surface area contributed by atoms with Gasteiger partial charge in [-0.05, 0) is 29.4 Å². The van der Waals surface area contributed by atoms with E-state index in [0.29, 0.717) is 13.0 Å². The van der Waals surface area contributed by atoms with Gasteiger partial charge in [0, 0.05) is 0 Å². The SMILES string of the molecule is CC/C=C\CCOC(=O)Cc1ccc(C(C)(C)C)cc1. The minimum atomic E-state index is -0.154. The van der Waals surface area contributed by atoms with Crippen LogP contribution in [0.25, 0.3) is 0 Å². The number of benzene rings is 1. The van der Waals surface area contributed by atoms with Gasteiger partial charge in [-0.25, -0.2) is 0 Å². The molecule has 0 bridgehead atoms. The molecule has 1 aromatic carbocycles. The molecule has 2 heteroatoms. The molecule has 0 radical (unpaired) electrons. The Morgan fingerprint density at radius 3 is 2.35 bits per heavy atom. The highest BCUT2D eigenvalue weighted by Crippen LogP contribution is 2.22. The standard InChI is InChI=1S/C18H26O2/c1-5-6-7-8-13-20-17(19)14-15-9-11-16(12-10-15)18(2,3)4/h6-7,9-12H,5,8,13-14H2,1-4H3/b7-6-. The van der Waals surface area contributed by atoms with Crippen LogP contribution in [-0.4, -0.2) is 12.6 Å². The first-order chi connectivity index (χ1) is 9.43. The van der Waals surface area contributed by atoms with Gasteiger partial charge in [-0.2, -0.15) is 0 Å². The zero-order valence-corrected chi connectivity index (χ0v) is 13.1. The molecule has 0 heterocycles. The number of esters is 1. The molecule has 0 spiro atoms. The Balaban J connectivity index is 2.41. The molecule has 0 saturated heterocycles. The molecule has 0 unspecified atom stereocenters. The van der Waals surface area contributed by atoms with Crippen LogP contribution in [-0.2, 0) is 21.4 Å². The van der Waals surface area contributed by atoms with E-state index in [0.717, 1.165) is 18.4 Å². The molecule has 0 aliphatic heterocycles. The van der Waals surface area contributed by atoms with E-state index in [1.165, 1.54) is 5.56 Å². The lowest BCUT2D eigenvalue weighted by Gasteiger charge is -2.19. The van der Waals surface area contributed by atoms with Gasteiger partial charge < -0.3 is 4.74 Å². The molecular weight excluding hydrogens is 248 g/mol. The van der Waals surface area contributed by atoms with Crippen molar-refractivity contribution < 1.29 is 9.53 Å². The summed E-state index contributed by atoms with van der Waals surface area (Å²) in [6.45, 7) is 9.10. The Labute approximate surface area is 122 Å². The Kier molecular flexibility index (Phi) is 6.50. The molecule has 0 aliphatic carbocycles. The van der Waals surface area contributed by atoms with Crippen molar-refractivity contribution in [3.05, 3.63) is 47.5 Å². The van der Waals surface area contributed by atoms with Crippen molar-refractivity contribution in [2.75, 3.05) is 6.61 Å². The monoisotopic (exact) mass is 274 g/mol. The first-order valence-corrected chi connectivity index (χ1v) is 7.33. The van der Waals surface area contributed by atoms with Crippen LogP contribution in [0.2, 0.25) is 0 Å². The van der Waals surface area contributed by atoms with E-state index in [-0.39, 0.29) is 11.4 Å². The summed E-state index contributed by atoms with van der Waals surface area (Å²) in [5, 5.41) is 0. The lowest BCUT2D eigenvalue weighted by atomic mass is 9.86. The lowest BCUT2D eigenvalue weighted by Crippen LogP contribution is -2.12. The molecule has 0 amide bonds. The van der Waals surface area contributed by atoms with E-state index in [9.17, 15) is 4.79 Å². The van der Waals surface area contributed by atoms with Crippen molar-refractivity contribution in [2.24, 2.45) is 0 Å². The average Bonchev–Trinajstić information content (AvgIpc) is 2.38. The largest absolute Gasteiger partial charge is 0.465 e. The molecule has 0 aliphatic rings. The fourth-order valence-corrected chi connectivity index (χ4v) is 1.87. The van der Waals surface area contributed by atoms with Crippen LogP contribution < -0.4 is 0 Å². The average molecular weight is 274 g/mol. The van der Waals surface area contributed by atoms with Crippen LogP contribution in [0.3, 0.4) is 0 Å². The van der Waals surface area contributed by atoms with Crippen molar-refractivity contribution >= 4 is 5.97 Å². The summed E-state index contributed by atoms with van der Waals surface area (Å²) < 4.78 is 5.20. The summed E-state index contributed by atoms with van der Waals surface area (Å²) in [5.41, 5.74) is 2.43. The van der Waals surface area contributed by atoms with Gasteiger partial charge in [0.15, 0.2) is 0 Å². The van der Waals surface area contributed by atoms with E-state index in [4.69, 9.17) is 4.74 Å². The van der Waals surface area contributed by atoms with Crippen molar-refractivity contribution in [1.29, 1.82) is 0 Å². The molecule has 1 aromatic rings. The van der Waals surface area contributed by atoms with Gasteiger partial charge in [0.05, 0.1) is 13.0 Å². The summed E-state index contributed by atoms with van der Waals surface area (Å²) in [6.07, 6.45) is 6.29. The Morgan fingerprint density at radius 2 is 1.80 bits per heavy atom. The van der Waals surface area contributed by atoms with Crippen LogP contribution >= 0.6 is 0 Å². The second-order valence-electron chi connectivity index (χ2n) is 6.01. The smallest absolute Gasteiger partial charge is 0.310 e. The summed E-state index contributed by atoms with van der Waals surface area (Å²) in [4.78, 5) is 11.7. The summed E-state index contributed by atoms with van der Waals surface area (Å²) >= 11 is 0. The molecule has 0 fully saturated rings. The van der Waals surface area contributed by atoms with Crippen LogP contribution in [0.15, 0.2) is 36.4 Å². The third-order valence-electron chi connectivity index (χ3n) is 3.12. The number of hydrogen-bond acceptors (Lipinski definition) is 2. The molecule has 0 atom stereocenters. The number of carbonyl (C=O) groups excluding carboxylic acids is 1. The fraction of sp³-hybridized carbons (Fsp3) is 0.500. The minimum absolute atomic E-state index is 0.144. The number of carbonyl (C=O) groups is 1. The summed E-state index contributed by atoms with van der Waals surface area (Å²) in [7, 11) is 0. The minimum Gasteiger partial charge on any atom is -0.465 e. The summed E-state index contributed by atoms with van der Waals surface area (Å²) in [6, 6.07) is 8.21. The predicted octanol–water partition coefficient (Wildman–Crippen LogP) is 4.43. The zero-order valence-electron chi connectivity index (χ0n) is 13.1. The van der Waals surface area contributed by atoms with Gasteiger partial charge in [0.2, 0.25) is 0 Å². The number of hydrogen-bond donors (Lipinski definition) is 0. The molecule has 20 heavy (non-hydrogen) atoms. The third-order valence-corrected chi connectivity index (χ3v) is 3.12. The van der Waals surface area contributed by atoms with Gasteiger partial charge in [0.25, 0.3) is 0 Å². The lowest BCUT2D eigenvalue weighted by molar-refractivity contribution is -0.142. The van der Waals surface area contributed by atoms with Crippen LogP contribution in [0.1, 0.15) is 51.7 Å². The van der Waals surface area contributed by atoms with Crippen LogP contribution in [0, 0.1) is 0 Å². The van der Waals surface area contributed by atoms with Gasteiger partial charge in [0.1, 0.15) is 0 Å².